The zero-order valence-electron chi connectivity index (χ0n) is 12.2. The van der Waals surface area contributed by atoms with Crippen molar-refractivity contribution in [1.82, 2.24) is 10.1 Å². The molecule has 0 saturated heterocycles. The maximum absolute atomic E-state index is 12.0. The Kier molecular flexibility index (Phi) is 5.40. The van der Waals surface area contributed by atoms with E-state index in [1.165, 1.54) is 11.8 Å². The Morgan fingerprint density at radius 2 is 1.92 bits per heavy atom. The minimum Gasteiger partial charge on any atom is -0.333 e. The van der Waals surface area contributed by atoms with Gasteiger partial charge in [-0.1, -0.05) is 53.2 Å². The molecule has 0 aliphatic carbocycles. The molecule has 0 fully saturated rings. The quantitative estimate of drug-likeness (QED) is 0.646. The van der Waals surface area contributed by atoms with Crippen LogP contribution in [0.2, 0.25) is 10.0 Å². The molecule has 0 spiro atoms. The average molecular weight is 380 g/mol. The standard InChI is InChI=1S/C16H11Cl2N3O2S/c17-12-7-6-11(8-13(12)18)19-14(22)9-24-16-20-15(23-21-16)10-4-2-1-3-5-10/h1-8H,9H2,(H,19,22). The summed E-state index contributed by atoms with van der Waals surface area (Å²) in [5.74, 6) is 0.362. The van der Waals surface area contributed by atoms with Crippen LogP contribution >= 0.6 is 35.0 Å². The van der Waals surface area contributed by atoms with Gasteiger partial charge >= 0.3 is 0 Å². The van der Waals surface area contributed by atoms with E-state index in [9.17, 15) is 4.79 Å². The minimum atomic E-state index is -0.204. The number of thioether (sulfide) groups is 1. The molecule has 0 bridgehead atoms. The molecule has 0 aliphatic heterocycles. The summed E-state index contributed by atoms with van der Waals surface area (Å²) >= 11 is 12.9. The number of carbonyl (C=O) groups excluding carboxylic acids is 1. The fourth-order valence-corrected chi connectivity index (χ4v) is 2.74. The van der Waals surface area contributed by atoms with Crippen LogP contribution in [0.4, 0.5) is 5.69 Å². The summed E-state index contributed by atoms with van der Waals surface area (Å²) in [5.41, 5.74) is 1.41. The molecule has 0 radical (unpaired) electrons. The van der Waals surface area contributed by atoms with Crippen molar-refractivity contribution in [3.63, 3.8) is 0 Å². The summed E-state index contributed by atoms with van der Waals surface area (Å²) in [6, 6.07) is 14.3. The van der Waals surface area contributed by atoms with E-state index in [-0.39, 0.29) is 11.7 Å². The number of rotatable bonds is 5. The zero-order valence-corrected chi connectivity index (χ0v) is 14.5. The first kappa shape index (κ1) is 16.8. The lowest BCUT2D eigenvalue weighted by Crippen LogP contribution is -2.14. The van der Waals surface area contributed by atoms with Crippen LogP contribution < -0.4 is 5.32 Å². The summed E-state index contributed by atoms with van der Waals surface area (Å²) in [6.07, 6.45) is 0. The monoisotopic (exact) mass is 379 g/mol. The molecule has 1 aromatic heterocycles. The van der Waals surface area contributed by atoms with Gasteiger partial charge in [-0.2, -0.15) is 4.98 Å². The fraction of sp³-hybridized carbons (Fsp3) is 0.0625. The van der Waals surface area contributed by atoms with Crippen molar-refractivity contribution in [3.8, 4) is 11.5 Å². The highest BCUT2D eigenvalue weighted by Crippen LogP contribution is 2.25. The average Bonchev–Trinajstić information content (AvgIpc) is 3.06. The lowest BCUT2D eigenvalue weighted by molar-refractivity contribution is -0.113. The highest BCUT2D eigenvalue weighted by atomic mass is 35.5. The van der Waals surface area contributed by atoms with Crippen LogP contribution in [-0.2, 0) is 4.79 Å². The fourth-order valence-electron chi connectivity index (χ4n) is 1.87. The summed E-state index contributed by atoms with van der Waals surface area (Å²) in [4.78, 5) is 16.2. The Bertz CT molecular complexity index is 856. The maximum Gasteiger partial charge on any atom is 0.258 e. The second kappa shape index (κ2) is 7.70. The van der Waals surface area contributed by atoms with E-state index >= 15 is 0 Å². The molecule has 0 aliphatic rings. The van der Waals surface area contributed by atoms with E-state index in [4.69, 9.17) is 27.7 Å². The second-order valence-corrected chi connectivity index (χ2v) is 6.47. The molecule has 0 saturated carbocycles. The number of aromatic nitrogens is 2. The topological polar surface area (TPSA) is 68.0 Å². The predicted molar refractivity (Wildman–Crippen MR) is 95.5 cm³/mol. The van der Waals surface area contributed by atoms with Gasteiger partial charge in [0.1, 0.15) is 0 Å². The van der Waals surface area contributed by atoms with Crippen molar-refractivity contribution in [2.45, 2.75) is 5.16 Å². The summed E-state index contributed by atoms with van der Waals surface area (Å²) in [5, 5.41) is 7.80. The van der Waals surface area contributed by atoms with Gasteiger partial charge in [0.15, 0.2) is 0 Å². The summed E-state index contributed by atoms with van der Waals surface area (Å²) in [6.45, 7) is 0. The third kappa shape index (κ3) is 4.29. The number of hydrogen-bond acceptors (Lipinski definition) is 5. The van der Waals surface area contributed by atoms with Gasteiger partial charge < -0.3 is 9.84 Å². The lowest BCUT2D eigenvalue weighted by Gasteiger charge is -2.05. The van der Waals surface area contributed by atoms with Crippen molar-refractivity contribution in [2.24, 2.45) is 0 Å². The van der Waals surface area contributed by atoms with Crippen molar-refractivity contribution in [1.29, 1.82) is 0 Å². The van der Waals surface area contributed by atoms with Gasteiger partial charge in [-0.3, -0.25) is 4.79 Å². The number of amides is 1. The molecule has 5 nitrogen and oxygen atoms in total. The van der Waals surface area contributed by atoms with Crippen molar-refractivity contribution < 1.29 is 9.32 Å². The molecule has 24 heavy (non-hydrogen) atoms. The van der Waals surface area contributed by atoms with Crippen molar-refractivity contribution in [2.75, 3.05) is 11.1 Å². The molecule has 1 N–H and O–H groups in total. The predicted octanol–water partition coefficient (Wildman–Crippen LogP) is 4.77. The Morgan fingerprint density at radius 1 is 1.12 bits per heavy atom. The number of anilines is 1. The normalized spacial score (nSPS) is 10.6. The number of hydrogen-bond donors (Lipinski definition) is 1. The SMILES string of the molecule is O=C(CSc1noc(-c2ccccc2)n1)Nc1ccc(Cl)c(Cl)c1. The molecule has 2 aromatic carbocycles. The summed E-state index contributed by atoms with van der Waals surface area (Å²) < 4.78 is 5.18. The van der Waals surface area contributed by atoms with Crippen molar-refractivity contribution >= 4 is 46.6 Å². The van der Waals surface area contributed by atoms with Crippen LogP contribution in [0, 0.1) is 0 Å². The first-order valence-corrected chi connectivity index (χ1v) is 8.63. The smallest absolute Gasteiger partial charge is 0.258 e. The van der Waals surface area contributed by atoms with Gasteiger partial charge in [-0.15, -0.1) is 0 Å². The van der Waals surface area contributed by atoms with Crippen LogP contribution in [-0.4, -0.2) is 21.8 Å². The number of benzene rings is 2. The molecule has 1 amide bonds. The molecular formula is C16H11Cl2N3O2S. The Morgan fingerprint density at radius 3 is 2.67 bits per heavy atom. The van der Waals surface area contributed by atoms with Gasteiger partial charge in [0.05, 0.1) is 15.8 Å². The number of nitrogens with zero attached hydrogens (tertiary/aromatic N) is 2. The first-order valence-electron chi connectivity index (χ1n) is 6.88. The van der Waals surface area contributed by atoms with E-state index < -0.39 is 0 Å². The van der Waals surface area contributed by atoms with Crippen LogP contribution in [0.25, 0.3) is 11.5 Å². The zero-order chi connectivity index (χ0) is 16.9. The number of nitrogens with one attached hydrogen (secondary N) is 1. The molecule has 0 unspecified atom stereocenters. The number of halogens is 2. The van der Waals surface area contributed by atoms with Crippen molar-refractivity contribution in [3.05, 3.63) is 58.6 Å². The second-order valence-electron chi connectivity index (χ2n) is 4.71. The van der Waals surface area contributed by atoms with Gasteiger partial charge in [0.25, 0.3) is 5.89 Å². The Hall–Kier alpha value is -2.02. The molecule has 0 atom stereocenters. The first-order chi connectivity index (χ1) is 11.6. The highest BCUT2D eigenvalue weighted by molar-refractivity contribution is 7.99. The molecule has 8 heteroatoms. The highest BCUT2D eigenvalue weighted by Gasteiger charge is 2.11. The van der Waals surface area contributed by atoms with Crippen LogP contribution in [0.1, 0.15) is 0 Å². The molecule has 3 rings (SSSR count). The van der Waals surface area contributed by atoms with Gasteiger partial charge in [0, 0.05) is 11.3 Å². The Balaban J connectivity index is 1.56. The maximum atomic E-state index is 12.0. The van der Waals surface area contributed by atoms with Crippen LogP contribution in [0.3, 0.4) is 0 Å². The Labute approximate surface area is 152 Å². The van der Waals surface area contributed by atoms with Gasteiger partial charge in [-0.05, 0) is 35.5 Å². The van der Waals surface area contributed by atoms with Gasteiger partial charge in [-0.25, -0.2) is 0 Å². The third-order valence-electron chi connectivity index (χ3n) is 2.96. The molecule has 3 aromatic rings. The van der Waals surface area contributed by atoms with E-state index in [1.54, 1.807) is 18.2 Å². The van der Waals surface area contributed by atoms with Crippen LogP contribution in [0.15, 0.2) is 58.2 Å². The number of carbonyl (C=O) groups is 1. The molecule has 122 valence electrons. The van der Waals surface area contributed by atoms with E-state index in [0.29, 0.717) is 26.8 Å². The van der Waals surface area contributed by atoms with E-state index in [2.05, 4.69) is 15.5 Å². The van der Waals surface area contributed by atoms with E-state index in [1.807, 2.05) is 30.3 Å². The largest absolute Gasteiger partial charge is 0.333 e. The summed E-state index contributed by atoms with van der Waals surface area (Å²) in [7, 11) is 0. The van der Waals surface area contributed by atoms with Gasteiger partial charge in [0.2, 0.25) is 11.1 Å². The molecular weight excluding hydrogens is 369 g/mol. The minimum absolute atomic E-state index is 0.147. The lowest BCUT2D eigenvalue weighted by atomic mass is 10.2. The third-order valence-corrected chi connectivity index (χ3v) is 4.53. The molecule has 1 heterocycles. The van der Waals surface area contributed by atoms with Crippen LogP contribution in [0.5, 0.6) is 0 Å². The van der Waals surface area contributed by atoms with E-state index in [0.717, 1.165) is 5.56 Å².